The zero-order valence-corrected chi connectivity index (χ0v) is 14.3. The third-order valence-corrected chi connectivity index (χ3v) is 4.54. The lowest BCUT2D eigenvalue weighted by Crippen LogP contribution is -1.99. The van der Waals surface area contributed by atoms with Crippen molar-refractivity contribution in [2.45, 2.75) is 13.5 Å². The first kappa shape index (κ1) is 15.9. The first-order valence-electron chi connectivity index (χ1n) is 8.42. The van der Waals surface area contributed by atoms with Gasteiger partial charge in [-0.05, 0) is 25.1 Å². The number of nitrogens with zero attached hydrogens (tertiary/aromatic N) is 4. The van der Waals surface area contributed by atoms with Gasteiger partial charge in [-0.1, -0.05) is 24.3 Å². The molecule has 0 radical (unpaired) electrons. The molecular weight excluding hydrogens is 322 g/mol. The van der Waals surface area contributed by atoms with Gasteiger partial charge in [0.2, 0.25) is 0 Å². The van der Waals surface area contributed by atoms with Crippen molar-refractivity contribution in [3.63, 3.8) is 0 Å². The molecule has 5 nitrogen and oxygen atoms in total. The van der Waals surface area contributed by atoms with Crippen molar-refractivity contribution >= 4 is 16.7 Å². The summed E-state index contributed by atoms with van der Waals surface area (Å²) in [6, 6.07) is 16.1. The molecule has 4 aromatic rings. The fourth-order valence-corrected chi connectivity index (χ4v) is 3.28. The van der Waals surface area contributed by atoms with Gasteiger partial charge in [0.25, 0.3) is 0 Å². The van der Waals surface area contributed by atoms with Crippen molar-refractivity contribution in [3.05, 3.63) is 66.6 Å². The fourth-order valence-electron chi connectivity index (χ4n) is 3.28. The maximum Gasteiger partial charge on any atom is 0.142 e. The Morgan fingerprint density at radius 1 is 1.15 bits per heavy atom. The molecule has 0 saturated carbocycles. The Hall–Kier alpha value is -3.65. The molecule has 1 aromatic carbocycles. The normalized spacial score (nSPS) is 10.8. The van der Waals surface area contributed by atoms with Gasteiger partial charge in [-0.3, -0.25) is 4.98 Å². The Morgan fingerprint density at radius 3 is 2.73 bits per heavy atom. The fraction of sp³-hybridized carbons (Fsp3) is 0.0952. The summed E-state index contributed by atoms with van der Waals surface area (Å²) in [6.45, 7) is 2.97. The topological polar surface area (TPSA) is 80.5 Å². The van der Waals surface area contributed by atoms with E-state index >= 15 is 0 Å². The van der Waals surface area contributed by atoms with E-state index in [1.54, 1.807) is 12.4 Å². The monoisotopic (exact) mass is 339 g/mol. The highest BCUT2D eigenvalue weighted by atomic mass is 15.0. The SMILES string of the molecule is CCn1cc(-c2cc(-c3cccnc3)c(C#N)c(N)n2)c2ccccc21. The summed E-state index contributed by atoms with van der Waals surface area (Å²) in [7, 11) is 0. The van der Waals surface area contributed by atoms with Gasteiger partial charge in [-0.15, -0.1) is 0 Å². The number of rotatable bonds is 3. The van der Waals surface area contributed by atoms with Crippen molar-refractivity contribution in [3.8, 4) is 28.5 Å². The standard InChI is InChI=1S/C21H17N5/c1-2-26-13-18(15-7-3-4-8-20(15)26)19-10-16(14-6-5-9-24-12-14)17(11-22)21(23)25-19/h3-10,12-13H,2H2,1H3,(H2,23,25). The minimum Gasteiger partial charge on any atom is -0.383 e. The summed E-state index contributed by atoms with van der Waals surface area (Å²) < 4.78 is 2.19. The predicted octanol–water partition coefficient (Wildman–Crippen LogP) is 4.24. The zero-order chi connectivity index (χ0) is 18.1. The number of aromatic nitrogens is 3. The molecule has 0 unspecified atom stereocenters. The van der Waals surface area contributed by atoms with Gasteiger partial charge in [-0.2, -0.15) is 5.26 Å². The predicted molar refractivity (Wildman–Crippen MR) is 103 cm³/mol. The highest BCUT2D eigenvalue weighted by Gasteiger charge is 2.16. The van der Waals surface area contributed by atoms with Gasteiger partial charge in [0.05, 0.1) is 5.69 Å². The Morgan fingerprint density at radius 2 is 2.00 bits per heavy atom. The van der Waals surface area contributed by atoms with Gasteiger partial charge in [0, 0.05) is 52.7 Å². The maximum absolute atomic E-state index is 9.54. The average Bonchev–Trinajstić information content (AvgIpc) is 3.07. The second kappa shape index (κ2) is 6.34. The van der Waals surface area contributed by atoms with Crippen LogP contribution in [0.5, 0.6) is 0 Å². The van der Waals surface area contributed by atoms with Crippen LogP contribution < -0.4 is 5.73 Å². The van der Waals surface area contributed by atoms with Gasteiger partial charge < -0.3 is 10.3 Å². The van der Waals surface area contributed by atoms with Crippen molar-refractivity contribution in [1.29, 1.82) is 5.26 Å². The van der Waals surface area contributed by atoms with E-state index in [2.05, 4.69) is 45.9 Å². The van der Waals surface area contributed by atoms with E-state index in [0.29, 0.717) is 5.56 Å². The molecule has 0 bridgehead atoms. The molecule has 3 heterocycles. The third-order valence-electron chi connectivity index (χ3n) is 4.54. The molecule has 0 atom stereocenters. The molecular formula is C21H17N5. The van der Waals surface area contributed by atoms with Crippen LogP contribution in [0.3, 0.4) is 0 Å². The highest BCUT2D eigenvalue weighted by molar-refractivity contribution is 5.96. The lowest BCUT2D eigenvalue weighted by molar-refractivity contribution is 0.798. The molecule has 3 aromatic heterocycles. The van der Waals surface area contributed by atoms with E-state index in [1.165, 1.54) is 0 Å². The van der Waals surface area contributed by atoms with Crippen LogP contribution in [0.4, 0.5) is 5.82 Å². The van der Waals surface area contributed by atoms with Crippen LogP contribution in [0, 0.1) is 11.3 Å². The molecule has 26 heavy (non-hydrogen) atoms. The quantitative estimate of drug-likeness (QED) is 0.605. The highest BCUT2D eigenvalue weighted by Crippen LogP contribution is 2.34. The van der Waals surface area contributed by atoms with Crippen LogP contribution >= 0.6 is 0 Å². The molecule has 0 fully saturated rings. The molecule has 0 aliphatic carbocycles. The summed E-state index contributed by atoms with van der Waals surface area (Å²) in [5.41, 5.74) is 11.0. The Bertz CT molecular complexity index is 1140. The number of fused-ring (bicyclic) bond motifs is 1. The molecule has 0 spiro atoms. The van der Waals surface area contributed by atoms with Crippen molar-refractivity contribution < 1.29 is 0 Å². The van der Waals surface area contributed by atoms with Crippen LogP contribution in [0.25, 0.3) is 33.3 Å². The Kier molecular flexibility index (Phi) is 3.86. The molecule has 2 N–H and O–H groups in total. The van der Waals surface area contributed by atoms with E-state index in [-0.39, 0.29) is 5.82 Å². The lowest BCUT2D eigenvalue weighted by Gasteiger charge is -2.09. The average molecular weight is 339 g/mol. The lowest BCUT2D eigenvalue weighted by atomic mass is 9.99. The molecule has 0 aliphatic heterocycles. The summed E-state index contributed by atoms with van der Waals surface area (Å²) in [5, 5.41) is 10.7. The van der Waals surface area contributed by atoms with Gasteiger partial charge in [0.1, 0.15) is 17.5 Å². The van der Waals surface area contributed by atoms with Crippen LogP contribution in [0.15, 0.2) is 61.1 Å². The molecule has 0 aliphatic rings. The van der Waals surface area contributed by atoms with E-state index in [1.807, 2.05) is 30.3 Å². The second-order valence-electron chi connectivity index (χ2n) is 6.01. The van der Waals surface area contributed by atoms with Crippen LogP contribution in [0.2, 0.25) is 0 Å². The number of hydrogen-bond acceptors (Lipinski definition) is 4. The summed E-state index contributed by atoms with van der Waals surface area (Å²) in [4.78, 5) is 8.68. The number of nitrogen functional groups attached to an aromatic ring is 1. The molecule has 0 amide bonds. The minimum absolute atomic E-state index is 0.234. The number of pyridine rings is 2. The van der Waals surface area contributed by atoms with Gasteiger partial charge in [-0.25, -0.2) is 4.98 Å². The molecule has 4 rings (SSSR count). The number of para-hydroxylation sites is 1. The van der Waals surface area contributed by atoms with E-state index in [0.717, 1.165) is 39.8 Å². The number of hydrogen-bond donors (Lipinski definition) is 1. The largest absolute Gasteiger partial charge is 0.383 e. The number of nitriles is 1. The Balaban J connectivity index is 2.00. The van der Waals surface area contributed by atoms with Crippen LogP contribution in [0.1, 0.15) is 12.5 Å². The van der Waals surface area contributed by atoms with Gasteiger partial charge >= 0.3 is 0 Å². The van der Waals surface area contributed by atoms with Crippen LogP contribution in [-0.2, 0) is 6.54 Å². The summed E-state index contributed by atoms with van der Waals surface area (Å²) >= 11 is 0. The minimum atomic E-state index is 0.234. The third kappa shape index (κ3) is 2.49. The summed E-state index contributed by atoms with van der Waals surface area (Å²) in [5.74, 6) is 0.234. The first-order valence-corrected chi connectivity index (χ1v) is 8.42. The van der Waals surface area contributed by atoms with Crippen molar-refractivity contribution in [1.82, 2.24) is 14.5 Å². The maximum atomic E-state index is 9.54. The van der Waals surface area contributed by atoms with Crippen molar-refractivity contribution in [2.75, 3.05) is 5.73 Å². The first-order chi connectivity index (χ1) is 12.7. The number of anilines is 1. The van der Waals surface area contributed by atoms with Gasteiger partial charge in [0.15, 0.2) is 0 Å². The van der Waals surface area contributed by atoms with Crippen molar-refractivity contribution in [2.24, 2.45) is 0 Å². The smallest absolute Gasteiger partial charge is 0.142 e. The zero-order valence-electron chi connectivity index (χ0n) is 14.3. The summed E-state index contributed by atoms with van der Waals surface area (Å²) in [6.07, 6.45) is 5.52. The number of benzene rings is 1. The number of nitrogens with two attached hydrogens (primary N) is 1. The van der Waals surface area contributed by atoms with E-state index in [9.17, 15) is 5.26 Å². The van der Waals surface area contributed by atoms with E-state index in [4.69, 9.17) is 5.73 Å². The van der Waals surface area contributed by atoms with E-state index < -0.39 is 0 Å². The Labute approximate surface area is 151 Å². The second-order valence-corrected chi connectivity index (χ2v) is 6.01. The molecule has 126 valence electrons. The molecule has 5 heteroatoms. The van der Waals surface area contributed by atoms with Crippen LogP contribution in [-0.4, -0.2) is 14.5 Å². The number of aryl methyl sites for hydroxylation is 1. The molecule has 0 saturated heterocycles.